The van der Waals surface area contributed by atoms with E-state index >= 15 is 0 Å². The predicted molar refractivity (Wildman–Crippen MR) is 96.3 cm³/mol. The van der Waals surface area contributed by atoms with Crippen LogP contribution in [0.4, 0.5) is 11.4 Å². The number of carbonyl (C=O) groups is 1. The summed E-state index contributed by atoms with van der Waals surface area (Å²) in [5, 5.41) is 2.59. The summed E-state index contributed by atoms with van der Waals surface area (Å²) in [7, 11) is -5.21. The fourth-order valence-electron chi connectivity index (χ4n) is 2.52. The topological polar surface area (TPSA) is 110 Å². The van der Waals surface area contributed by atoms with Crippen LogP contribution in [0.1, 0.15) is 19.3 Å². The standard InChI is InChI=1S/C15H22N2O6S2/c1-23-14-6-5-12(16-15(18)7-10-24(2,19)20)11-13(14)17-8-3-4-9-25(17,21)22/h5-6,11H,3-4,7-10H2,1-2H3,(H,16,18). The van der Waals surface area contributed by atoms with E-state index in [9.17, 15) is 21.6 Å². The molecule has 1 N–H and O–H groups in total. The lowest BCUT2D eigenvalue weighted by Crippen LogP contribution is -2.38. The average molecular weight is 390 g/mol. The third kappa shape index (κ3) is 5.33. The Hall–Kier alpha value is -1.81. The number of rotatable bonds is 6. The Morgan fingerprint density at radius 3 is 2.64 bits per heavy atom. The molecule has 0 bridgehead atoms. The van der Waals surface area contributed by atoms with Gasteiger partial charge in [-0.05, 0) is 31.0 Å². The Bertz CT molecular complexity index is 849. The van der Waals surface area contributed by atoms with Gasteiger partial charge in [0.25, 0.3) is 0 Å². The van der Waals surface area contributed by atoms with Gasteiger partial charge >= 0.3 is 0 Å². The molecule has 140 valence electrons. The van der Waals surface area contributed by atoms with Gasteiger partial charge in [-0.25, -0.2) is 16.8 Å². The molecule has 1 aromatic carbocycles. The number of hydrogen-bond acceptors (Lipinski definition) is 6. The number of sulfone groups is 1. The molecule has 10 heteroatoms. The number of benzene rings is 1. The minimum Gasteiger partial charge on any atom is -0.495 e. The van der Waals surface area contributed by atoms with Crippen LogP contribution in [-0.4, -0.2) is 54.2 Å². The number of carbonyl (C=O) groups excluding carboxylic acids is 1. The molecule has 8 nitrogen and oxygen atoms in total. The van der Waals surface area contributed by atoms with Gasteiger partial charge in [-0.2, -0.15) is 0 Å². The third-order valence-corrected chi connectivity index (χ3v) is 6.58. The van der Waals surface area contributed by atoms with Gasteiger partial charge in [-0.15, -0.1) is 0 Å². The highest BCUT2D eigenvalue weighted by molar-refractivity contribution is 7.92. The Morgan fingerprint density at radius 2 is 2.04 bits per heavy atom. The van der Waals surface area contributed by atoms with E-state index in [0.29, 0.717) is 30.1 Å². The molecule has 1 aliphatic heterocycles. The molecule has 25 heavy (non-hydrogen) atoms. The molecule has 1 heterocycles. The first-order chi connectivity index (χ1) is 11.6. The molecule has 1 aromatic rings. The zero-order chi connectivity index (χ0) is 18.7. The first-order valence-electron chi connectivity index (χ1n) is 7.78. The molecule has 1 aliphatic rings. The molecule has 2 rings (SSSR count). The lowest BCUT2D eigenvalue weighted by Gasteiger charge is -2.29. The van der Waals surface area contributed by atoms with Crippen LogP contribution in [0.25, 0.3) is 0 Å². The second-order valence-corrected chi connectivity index (χ2v) is 10.2. The summed E-state index contributed by atoms with van der Waals surface area (Å²) in [5.41, 5.74) is 0.748. The van der Waals surface area contributed by atoms with Crippen molar-refractivity contribution in [2.24, 2.45) is 0 Å². The zero-order valence-electron chi connectivity index (χ0n) is 14.2. The average Bonchev–Trinajstić information content (AvgIpc) is 2.52. The smallest absolute Gasteiger partial charge is 0.235 e. The Morgan fingerprint density at radius 1 is 1.32 bits per heavy atom. The minimum absolute atomic E-state index is 0.0705. The zero-order valence-corrected chi connectivity index (χ0v) is 15.8. The number of amides is 1. The molecule has 1 amide bonds. The normalized spacial score (nSPS) is 17.1. The van der Waals surface area contributed by atoms with Gasteiger partial charge in [-0.3, -0.25) is 9.10 Å². The van der Waals surface area contributed by atoms with E-state index in [2.05, 4.69) is 5.32 Å². The van der Waals surface area contributed by atoms with Crippen LogP contribution in [-0.2, 0) is 24.7 Å². The van der Waals surface area contributed by atoms with Crippen molar-refractivity contribution in [3.63, 3.8) is 0 Å². The minimum atomic E-state index is -3.42. The first-order valence-corrected chi connectivity index (χ1v) is 11.5. The van der Waals surface area contributed by atoms with Crippen molar-refractivity contribution in [3.05, 3.63) is 18.2 Å². The molecule has 0 radical (unpaired) electrons. The van der Waals surface area contributed by atoms with E-state index < -0.39 is 25.8 Å². The van der Waals surface area contributed by atoms with Crippen LogP contribution in [0.3, 0.4) is 0 Å². The number of anilines is 2. The Kier molecular flexibility index (Phi) is 5.94. The van der Waals surface area contributed by atoms with Crippen LogP contribution in [0, 0.1) is 0 Å². The van der Waals surface area contributed by atoms with Gasteiger partial charge in [0.05, 0.1) is 24.3 Å². The number of methoxy groups -OCH3 is 1. The lowest BCUT2D eigenvalue weighted by molar-refractivity contribution is -0.115. The largest absolute Gasteiger partial charge is 0.495 e. The fourth-order valence-corrected chi connectivity index (χ4v) is 4.72. The van der Waals surface area contributed by atoms with Crippen molar-refractivity contribution in [2.75, 3.05) is 41.0 Å². The van der Waals surface area contributed by atoms with E-state index in [1.54, 1.807) is 12.1 Å². The van der Waals surface area contributed by atoms with E-state index in [1.807, 2.05) is 0 Å². The molecule has 0 aliphatic carbocycles. The summed E-state index contributed by atoms with van der Waals surface area (Å²) < 4.78 is 53.4. The Balaban J connectivity index is 2.23. The second kappa shape index (κ2) is 7.61. The van der Waals surface area contributed by atoms with Crippen molar-refractivity contribution in [1.82, 2.24) is 0 Å². The number of nitrogens with one attached hydrogen (secondary N) is 1. The SMILES string of the molecule is COc1ccc(NC(=O)CCS(C)(=O)=O)cc1N1CCCCS1(=O)=O. The van der Waals surface area contributed by atoms with E-state index in [4.69, 9.17) is 4.74 Å². The monoisotopic (exact) mass is 390 g/mol. The van der Waals surface area contributed by atoms with Gasteiger partial charge in [0.1, 0.15) is 15.6 Å². The third-order valence-electron chi connectivity index (χ3n) is 3.78. The summed E-state index contributed by atoms with van der Waals surface area (Å²) in [6, 6.07) is 4.68. The van der Waals surface area contributed by atoms with E-state index in [-0.39, 0.29) is 17.9 Å². The van der Waals surface area contributed by atoms with Gasteiger partial charge in [0, 0.05) is 24.9 Å². The van der Waals surface area contributed by atoms with Crippen molar-refractivity contribution in [3.8, 4) is 5.75 Å². The number of nitrogens with zero attached hydrogens (tertiary/aromatic N) is 1. The Labute approximate surface area is 148 Å². The lowest BCUT2D eigenvalue weighted by atomic mass is 10.2. The second-order valence-electron chi connectivity index (χ2n) is 5.91. The van der Waals surface area contributed by atoms with Crippen LogP contribution < -0.4 is 14.4 Å². The molecule has 1 fully saturated rings. The number of sulfonamides is 1. The summed E-state index contributed by atoms with van der Waals surface area (Å²) in [5.74, 6) is -0.244. The van der Waals surface area contributed by atoms with Crippen LogP contribution in [0.2, 0.25) is 0 Å². The maximum atomic E-state index is 12.3. The van der Waals surface area contributed by atoms with Crippen LogP contribution >= 0.6 is 0 Å². The highest BCUT2D eigenvalue weighted by Gasteiger charge is 2.28. The highest BCUT2D eigenvalue weighted by Crippen LogP contribution is 2.35. The van der Waals surface area contributed by atoms with Gasteiger partial charge in [0.15, 0.2) is 0 Å². The van der Waals surface area contributed by atoms with Crippen molar-refractivity contribution in [1.29, 1.82) is 0 Å². The number of hydrogen-bond donors (Lipinski definition) is 1. The molecule has 0 atom stereocenters. The van der Waals surface area contributed by atoms with Crippen LogP contribution in [0.15, 0.2) is 18.2 Å². The van der Waals surface area contributed by atoms with Gasteiger partial charge in [-0.1, -0.05) is 0 Å². The molecule has 0 aromatic heterocycles. The van der Waals surface area contributed by atoms with Crippen molar-refractivity contribution < 1.29 is 26.4 Å². The first kappa shape index (κ1) is 19.5. The van der Waals surface area contributed by atoms with Gasteiger partial charge in [0.2, 0.25) is 15.9 Å². The summed E-state index contributed by atoms with van der Waals surface area (Å²) in [6.45, 7) is 0.351. The van der Waals surface area contributed by atoms with Gasteiger partial charge < -0.3 is 10.1 Å². The molecule has 0 unspecified atom stereocenters. The maximum absolute atomic E-state index is 12.3. The van der Waals surface area contributed by atoms with E-state index in [1.165, 1.54) is 17.5 Å². The quantitative estimate of drug-likeness (QED) is 0.776. The van der Waals surface area contributed by atoms with Crippen molar-refractivity contribution in [2.45, 2.75) is 19.3 Å². The maximum Gasteiger partial charge on any atom is 0.235 e. The molecule has 0 saturated carbocycles. The summed E-state index contributed by atoms with van der Waals surface area (Å²) >= 11 is 0. The fraction of sp³-hybridized carbons (Fsp3) is 0.533. The van der Waals surface area contributed by atoms with E-state index in [0.717, 1.165) is 12.7 Å². The van der Waals surface area contributed by atoms with Crippen LogP contribution in [0.5, 0.6) is 5.75 Å². The molecule has 1 saturated heterocycles. The highest BCUT2D eigenvalue weighted by atomic mass is 32.2. The molecule has 0 spiro atoms. The predicted octanol–water partition coefficient (Wildman–Crippen LogP) is 0.998. The molecular formula is C15H22N2O6S2. The number of ether oxygens (including phenoxy) is 1. The summed E-state index contributed by atoms with van der Waals surface area (Å²) in [6.07, 6.45) is 2.26. The summed E-state index contributed by atoms with van der Waals surface area (Å²) in [4.78, 5) is 11.9. The van der Waals surface area contributed by atoms with Crippen molar-refractivity contribution >= 4 is 37.1 Å². The molecular weight excluding hydrogens is 368 g/mol.